The molecular weight excluding hydrogens is 496 g/mol. The summed E-state index contributed by atoms with van der Waals surface area (Å²) in [6.45, 7) is 16.9. The summed E-state index contributed by atoms with van der Waals surface area (Å²) in [4.78, 5) is 37.9. The van der Waals surface area contributed by atoms with E-state index in [4.69, 9.17) is 9.47 Å². The zero-order valence-corrected chi connectivity index (χ0v) is 25.4. The van der Waals surface area contributed by atoms with E-state index in [0.29, 0.717) is 43.4 Å². The quantitative estimate of drug-likeness (QED) is 0.255. The Balaban J connectivity index is 2.14. The summed E-state index contributed by atoms with van der Waals surface area (Å²) in [5.74, 6) is -1.16. The molecule has 7 heteroatoms. The Bertz CT molecular complexity index is 1010. The lowest BCUT2D eigenvalue weighted by atomic mass is 9.83. The van der Waals surface area contributed by atoms with Gasteiger partial charge in [-0.1, -0.05) is 64.8 Å². The third kappa shape index (κ3) is 8.14. The first-order valence-electron chi connectivity index (χ1n) is 14.5. The molecule has 2 bridgehead atoms. The van der Waals surface area contributed by atoms with Crippen LogP contribution in [0.3, 0.4) is 0 Å². The Kier molecular flexibility index (Phi) is 11.7. The van der Waals surface area contributed by atoms with Gasteiger partial charge < -0.3 is 19.7 Å². The van der Waals surface area contributed by atoms with Gasteiger partial charge in [0.1, 0.15) is 24.1 Å². The Morgan fingerprint density at radius 3 is 2.38 bits per heavy atom. The van der Waals surface area contributed by atoms with Crippen LogP contribution < -0.4 is 0 Å². The van der Waals surface area contributed by atoms with Crippen molar-refractivity contribution in [3.05, 3.63) is 34.6 Å². The predicted octanol–water partition coefficient (Wildman–Crippen LogP) is 5.63. The predicted molar refractivity (Wildman–Crippen MR) is 152 cm³/mol. The van der Waals surface area contributed by atoms with Crippen LogP contribution in [0.15, 0.2) is 34.6 Å². The Morgan fingerprint density at radius 2 is 1.79 bits per heavy atom. The number of carbonyl (C=O) groups is 3. The minimum Gasteiger partial charge on any atom is -0.482 e. The van der Waals surface area contributed by atoms with Crippen LogP contribution >= 0.6 is 0 Å². The standard InChI is InChI=1S/C32H50O7/c1-10-24-27-16-28(34)38-26(13-12-18(3)17-32(9,39-27)31(24)37)23(8)30(36)21(6)15-19(4)14-20(5)29(35)22(7)25(33)11-2/h12,14,20-23,26,29-30,35-36H,10-11,13,15-17H2,1-9H3/b18-12-,19-14+/t20-,21-,22-,23-,26+,29+,30+,32-/m1/s1. The number of Topliss-reactive ketones (excluding diaryl/α,β-unsaturated/α-hetero) is 2. The molecule has 0 saturated carbocycles. The summed E-state index contributed by atoms with van der Waals surface area (Å²) in [6, 6.07) is 0. The molecule has 2 aliphatic heterocycles. The molecule has 7 nitrogen and oxygen atoms in total. The molecule has 0 aliphatic carbocycles. The van der Waals surface area contributed by atoms with Gasteiger partial charge in [0.05, 0.1) is 12.2 Å². The van der Waals surface area contributed by atoms with Crippen molar-refractivity contribution in [2.24, 2.45) is 23.7 Å². The molecule has 0 spiro atoms. The fourth-order valence-electron chi connectivity index (χ4n) is 6.03. The maximum absolute atomic E-state index is 13.0. The first-order chi connectivity index (χ1) is 18.1. The number of carbonyl (C=O) groups excluding carboxylic acids is 3. The summed E-state index contributed by atoms with van der Waals surface area (Å²) >= 11 is 0. The van der Waals surface area contributed by atoms with E-state index in [-0.39, 0.29) is 35.7 Å². The molecule has 0 saturated heterocycles. The average molecular weight is 547 g/mol. The van der Waals surface area contributed by atoms with E-state index in [0.717, 1.165) is 11.1 Å². The third-order valence-electron chi connectivity index (χ3n) is 8.50. The van der Waals surface area contributed by atoms with Crippen molar-refractivity contribution >= 4 is 17.5 Å². The highest BCUT2D eigenvalue weighted by Crippen LogP contribution is 2.39. The van der Waals surface area contributed by atoms with Crippen LogP contribution in [0, 0.1) is 23.7 Å². The second kappa shape index (κ2) is 13.9. The van der Waals surface area contributed by atoms with Gasteiger partial charge in [-0.15, -0.1) is 0 Å². The molecule has 0 aromatic rings. The fourth-order valence-corrected chi connectivity index (χ4v) is 6.03. The van der Waals surface area contributed by atoms with Gasteiger partial charge in [-0.25, -0.2) is 0 Å². The molecule has 2 N–H and O–H groups in total. The molecule has 2 aliphatic rings. The molecule has 2 rings (SSSR count). The highest BCUT2D eigenvalue weighted by molar-refractivity contribution is 6.04. The Morgan fingerprint density at radius 1 is 1.15 bits per heavy atom. The van der Waals surface area contributed by atoms with Gasteiger partial charge in [-0.2, -0.15) is 0 Å². The minimum absolute atomic E-state index is 0.0422. The minimum atomic E-state index is -1.00. The van der Waals surface area contributed by atoms with E-state index < -0.39 is 35.8 Å². The van der Waals surface area contributed by atoms with Crippen molar-refractivity contribution in [1.82, 2.24) is 0 Å². The van der Waals surface area contributed by atoms with E-state index >= 15 is 0 Å². The number of cyclic esters (lactones) is 1. The molecule has 39 heavy (non-hydrogen) atoms. The highest BCUT2D eigenvalue weighted by Gasteiger charge is 2.45. The number of aliphatic hydroxyl groups is 2. The topological polar surface area (TPSA) is 110 Å². The lowest BCUT2D eigenvalue weighted by Crippen LogP contribution is -2.37. The van der Waals surface area contributed by atoms with Crippen molar-refractivity contribution in [2.45, 2.75) is 125 Å². The summed E-state index contributed by atoms with van der Waals surface area (Å²) in [5.41, 5.74) is 1.55. The van der Waals surface area contributed by atoms with E-state index in [1.54, 1.807) is 20.8 Å². The van der Waals surface area contributed by atoms with Crippen LogP contribution in [0.4, 0.5) is 0 Å². The first kappa shape index (κ1) is 33.0. The van der Waals surface area contributed by atoms with Crippen LogP contribution in [0.2, 0.25) is 0 Å². The van der Waals surface area contributed by atoms with Crippen molar-refractivity contribution < 1.29 is 34.1 Å². The highest BCUT2D eigenvalue weighted by atomic mass is 16.6. The largest absolute Gasteiger partial charge is 0.482 e. The number of hydrogen-bond donors (Lipinski definition) is 2. The van der Waals surface area contributed by atoms with E-state index in [2.05, 4.69) is 0 Å². The van der Waals surface area contributed by atoms with Crippen LogP contribution in [0.1, 0.15) is 101 Å². The lowest BCUT2D eigenvalue weighted by molar-refractivity contribution is -0.154. The van der Waals surface area contributed by atoms with E-state index in [1.807, 2.05) is 53.7 Å². The Labute approximate surface area is 234 Å². The molecule has 2 heterocycles. The summed E-state index contributed by atoms with van der Waals surface area (Å²) in [7, 11) is 0. The van der Waals surface area contributed by atoms with Gasteiger partial charge in [-0.05, 0) is 39.5 Å². The molecule has 0 aromatic carbocycles. The molecule has 0 radical (unpaired) electrons. The number of ether oxygens (including phenoxy) is 2. The normalized spacial score (nSPS) is 28.7. The van der Waals surface area contributed by atoms with Gasteiger partial charge in [0.2, 0.25) is 5.78 Å². The van der Waals surface area contributed by atoms with Gasteiger partial charge >= 0.3 is 5.97 Å². The van der Waals surface area contributed by atoms with Crippen molar-refractivity contribution in [3.8, 4) is 0 Å². The zero-order valence-electron chi connectivity index (χ0n) is 25.4. The van der Waals surface area contributed by atoms with Crippen LogP contribution in [-0.2, 0) is 23.9 Å². The monoisotopic (exact) mass is 546 g/mol. The van der Waals surface area contributed by atoms with Crippen LogP contribution in [0.25, 0.3) is 0 Å². The second-order valence-corrected chi connectivity index (χ2v) is 12.1. The second-order valence-electron chi connectivity index (χ2n) is 12.1. The van der Waals surface area contributed by atoms with Crippen molar-refractivity contribution in [3.63, 3.8) is 0 Å². The van der Waals surface area contributed by atoms with Crippen molar-refractivity contribution in [1.29, 1.82) is 0 Å². The maximum Gasteiger partial charge on any atom is 0.313 e. The van der Waals surface area contributed by atoms with Crippen LogP contribution in [0.5, 0.6) is 0 Å². The summed E-state index contributed by atoms with van der Waals surface area (Å²) in [5, 5.41) is 21.9. The van der Waals surface area contributed by atoms with Crippen molar-refractivity contribution in [2.75, 3.05) is 0 Å². The molecule has 0 amide bonds. The number of esters is 1. The third-order valence-corrected chi connectivity index (χ3v) is 8.50. The molecule has 0 unspecified atom stereocenters. The fraction of sp³-hybridized carbons (Fsp3) is 0.719. The number of aliphatic hydroxyl groups excluding tert-OH is 2. The smallest absolute Gasteiger partial charge is 0.313 e. The number of fused-ring (bicyclic) bond motifs is 2. The maximum atomic E-state index is 13.0. The Hall–Kier alpha value is -2.25. The lowest BCUT2D eigenvalue weighted by Gasteiger charge is -2.31. The summed E-state index contributed by atoms with van der Waals surface area (Å²) < 4.78 is 11.9. The molecule has 220 valence electrons. The average Bonchev–Trinajstić information content (AvgIpc) is 3.09. The number of rotatable bonds is 11. The molecular formula is C32H50O7. The van der Waals surface area contributed by atoms with E-state index in [9.17, 15) is 24.6 Å². The van der Waals surface area contributed by atoms with Gasteiger partial charge in [0, 0.05) is 42.6 Å². The van der Waals surface area contributed by atoms with Gasteiger partial charge in [0.25, 0.3) is 0 Å². The SMILES string of the molecule is CCC(=O)[C@@H](C)[C@@H](O)[C@H](C)/C=C(\C)C[C@@H](C)[C@H](O)[C@H](C)[C@@H]1C/C=C(/C)C[C@@]2(C)OC(=C(CC)C2=O)CC(=O)O1. The summed E-state index contributed by atoms with van der Waals surface area (Å²) in [6.07, 6.45) is 4.22. The molecule has 8 atom stereocenters. The number of hydrogen-bond acceptors (Lipinski definition) is 7. The number of allylic oxidation sites excluding steroid dienone is 1. The van der Waals surface area contributed by atoms with E-state index in [1.165, 1.54) is 0 Å². The number of ketones is 2. The van der Waals surface area contributed by atoms with Gasteiger partial charge in [-0.3, -0.25) is 14.4 Å². The van der Waals surface area contributed by atoms with Gasteiger partial charge in [0.15, 0.2) is 5.60 Å². The zero-order chi connectivity index (χ0) is 29.7. The molecule has 0 fully saturated rings. The van der Waals surface area contributed by atoms with Crippen LogP contribution in [-0.4, -0.2) is 51.7 Å². The molecule has 0 aromatic heterocycles. The first-order valence-corrected chi connectivity index (χ1v) is 14.5.